The average Bonchev–Trinajstić information content (AvgIpc) is 2.69. The summed E-state index contributed by atoms with van der Waals surface area (Å²) in [5, 5.41) is 3.71. The van der Waals surface area contributed by atoms with Gasteiger partial charge >= 0.3 is 0 Å². The number of aromatic nitrogens is 1. The van der Waals surface area contributed by atoms with Crippen LogP contribution in [0.4, 0.5) is 0 Å². The van der Waals surface area contributed by atoms with E-state index in [-0.39, 0.29) is 11.2 Å². The molecule has 1 atom stereocenters. The molecule has 0 aliphatic rings. The minimum atomic E-state index is -0.00412. The van der Waals surface area contributed by atoms with Crippen LogP contribution in [-0.4, -0.2) is 16.6 Å². The Balaban J connectivity index is 1.64. The second kappa shape index (κ2) is 9.41. The topological polar surface area (TPSA) is 42.0 Å². The van der Waals surface area contributed by atoms with Gasteiger partial charge in [0.2, 0.25) is 5.91 Å². The molecule has 1 amide bonds. The van der Waals surface area contributed by atoms with Crippen LogP contribution in [0, 0.1) is 0 Å². The molecule has 0 radical (unpaired) electrons. The predicted octanol–water partition coefficient (Wildman–Crippen LogP) is 4.87. The number of carbonyl (C=O) groups is 1. The standard InChI is InChI=1S/C21H19ClN2OS/c22-18-11-9-17(10-12-18)21(16-6-2-1-3-7-16)26-15-20(25)24-14-19-8-4-5-13-23-19/h1-13,21H,14-15H2,(H,24,25). The molecule has 0 aliphatic heterocycles. The molecule has 0 fully saturated rings. The SMILES string of the molecule is O=C(CSC(c1ccccc1)c1ccc(Cl)cc1)NCc1ccccn1. The molecule has 5 heteroatoms. The summed E-state index contributed by atoms with van der Waals surface area (Å²) in [6, 6.07) is 23.6. The summed E-state index contributed by atoms with van der Waals surface area (Å²) in [7, 11) is 0. The lowest BCUT2D eigenvalue weighted by Gasteiger charge is -2.17. The van der Waals surface area contributed by atoms with Crippen molar-refractivity contribution in [3.8, 4) is 0 Å². The highest BCUT2D eigenvalue weighted by molar-refractivity contribution is 8.00. The van der Waals surface area contributed by atoms with Gasteiger partial charge in [-0.1, -0.05) is 60.1 Å². The average molecular weight is 383 g/mol. The summed E-state index contributed by atoms with van der Waals surface area (Å²) in [5.74, 6) is 0.366. The van der Waals surface area contributed by atoms with Gasteiger partial charge in [-0.25, -0.2) is 0 Å². The quantitative estimate of drug-likeness (QED) is 0.633. The number of amides is 1. The number of halogens is 1. The number of thioether (sulfide) groups is 1. The van der Waals surface area contributed by atoms with Crippen LogP contribution >= 0.6 is 23.4 Å². The van der Waals surface area contributed by atoms with Gasteiger partial charge in [-0.05, 0) is 35.4 Å². The van der Waals surface area contributed by atoms with E-state index in [0.717, 1.165) is 16.8 Å². The van der Waals surface area contributed by atoms with Crippen LogP contribution in [0.5, 0.6) is 0 Å². The molecule has 0 saturated heterocycles. The van der Waals surface area contributed by atoms with Gasteiger partial charge in [-0.2, -0.15) is 0 Å². The summed E-state index contributed by atoms with van der Waals surface area (Å²) < 4.78 is 0. The molecule has 1 heterocycles. The zero-order chi connectivity index (χ0) is 18.2. The summed E-state index contributed by atoms with van der Waals surface area (Å²) in [6.07, 6.45) is 1.72. The molecule has 0 spiro atoms. The molecule has 3 aromatic rings. The fourth-order valence-electron chi connectivity index (χ4n) is 2.55. The van der Waals surface area contributed by atoms with Crippen molar-refractivity contribution >= 4 is 29.3 Å². The van der Waals surface area contributed by atoms with Crippen molar-refractivity contribution in [2.24, 2.45) is 0 Å². The van der Waals surface area contributed by atoms with Crippen LogP contribution < -0.4 is 5.32 Å². The smallest absolute Gasteiger partial charge is 0.230 e. The van der Waals surface area contributed by atoms with E-state index in [0.29, 0.717) is 17.3 Å². The van der Waals surface area contributed by atoms with E-state index in [4.69, 9.17) is 11.6 Å². The van der Waals surface area contributed by atoms with Crippen LogP contribution in [0.2, 0.25) is 5.02 Å². The Labute approximate surface area is 162 Å². The van der Waals surface area contributed by atoms with E-state index in [2.05, 4.69) is 22.4 Å². The maximum Gasteiger partial charge on any atom is 0.230 e. The first-order valence-corrected chi connectivity index (χ1v) is 9.73. The molecule has 0 bridgehead atoms. The van der Waals surface area contributed by atoms with Gasteiger partial charge in [-0.3, -0.25) is 9.78 Å². The maximum absolute atomic E-state index is 12.3. The highest BCUT2D eigenvalue weighted by Crippen LogP contribution is 2.35. The molecule has 0 saturated carbocycles. The molecule has 132 valence electrons. The number of hydrogen-bond donors (Lipinski definition) is 1. The predicted molar refractivity (Wildman–Crippen MR) is 108 cm³/mol. The fourth-order valence-corrected chi connectivity index (χ4v) is 3.80. The van der Waals surface area contributed by atoms with E-state index in [1.807, 2.05) is 60.7 Å². The van der Waals surface area contributed by atoms with Crippen molar-refractivity contribution in [3.05, 3.63) is 101 Å². The van der Waals surface area contributed by atoms with Gasteiger partial charge in [0.05, 0.1) is 23.2 Å². The van der Waals surface area contributed by atoms with E-state index in [9.17, 15) is 4.79 Å². The third-order valence-corrected chi connectivity index (χ3v) is 5.41. The van der Waals surface area contributed by atoms with Crippen molar-refractivity contribution < 1.29 is 4.79 Å². The highest BCUT2D eigenvalue weighted by atomic mass is 35.5. The highest BCUT2D eigenvalue weighted by Gasteiger charge is 2.16. The Morgan fingerprint density at radius 2 is 1.65 bits per heavy atom. The van der Waals surface area contributed by atoms with Gasteiger partial charge in [0, 0.05) is 11.2 Å². The number of hydrogen-bond acceptors (Lipinski definition) is 3. The third kappa shape index (κ3) is 5.35. The van der Waals surface area contributed by atoms with E-state index < -0.39 is 0 Å². The zero-order valence-electron chi connectivity index (χ0n) is 14.1. The fraction of sp³-hybridized carbons (Fsp3) is 0.143. The van der Waals surface area contributed by atoms with Crippen molar-refractivity contribution in [2.75, 3.05) is 5.75 Å². The minimum Gasteiger partial charge on any atom is -0.350 e. The number of pyridine rings is 1. The van der Waals surface area contributed by atoms with Crippen LogP contribution in [0.1, 0.15) is 22.1 Å². The molecule has 3 rings (SSSR count). The van der Waals surface area contributed by atoms with Crippen LogP contribution in [-0.2, 0) is 11.3 Å². The van der Waals surface area contributed by atoms with E-state index >= 15 is 0 Å². The summed E-state index contributed by atoms with van der Waals surface area (Å²) in [4.78, 5) is 16.5. The second-order valence-electron chi connectivity index (χ2n) is 5.75. The van der Waals surface area contributed by atoms with E-state index in [1.54, 1.807) is 18.0 Å². The Hall–Kier alpha value is -2.30. The molecule has 1 N–H and O–H groups in total. The molecule has 3 nitrogen and oxygen atoms in total. The van der Waals surface area contributed by atoms with Gasteiger partial charge in [0.1, 0.15) is 0 Å². The zero-order valence-corrected chi connectivity index (χ0v) is 15.7. The normalized spacial score (nSPS) is 11.7. The number of nitrogens with one attached hydrogen (secondary N) is 1. The summed E-state index contributed by atoms with van der Waals surface area (Å²) >= 11 is 7.61. The Kier molecular flexibility index (Phi) is 6.69. The number of rotatable bonds is 7. The van der Waals surface area contributed by atoms with Gasteiger partial charge in [-0.15, -0.1) is 11.8 Å². The van der Waals surface area contributed by atoms with Crippen molar-refractivity contribution in [2.45, 2.75) is 11.8 Å². The van der Waals surface area contributed by atoms with Gasteiger partial charge < -0.3 is 5.32 Å². The lowest BCUT2D eigenvalue weighted by atomic mass is 10.0. The Morgan fingerprint density at radius 1 is 0.962 bits per heavy atom. The maximum atomic E-state index is 12.3. The Bertz CT molecular complexity index is 826. The van der Waals surface area contributed by atoms with Crippen LogP contribution in [0.15, 0.2) is 79.0 Å². The van der Waals surface area contributed by atoms with Gasteiger partial charge in [0.25, 0.3) is 0 Å². The lowest BCUT2D eigenvalue weighted by Crippen LogP contribution is -2.25. The largest absolute Gasteiger partial charge is 0.350 e. The number of benzene rings is 2. The third-order valence-electron chi connectivity index (χ3n) is 3.85. The van der Waals surface area contributed by atoms with Crippen molar-refractivity contribution in [1.82, 2.24) is 10.3 Å². The van der Waals surface area contributed by atoms with Gasteiger partial charge in [0.15, 0.2) is 0 Å². The summed E-state index contributed by atoms with van der Waals surface area (Å²) in [5.41, 5.74) is 3.14. The first kappa shape index (κ1) is 18.5. The number of nitrogens with zero attached hydrogens (tertiary/aromatic N) is 1. The monoisotopic (exact) mass is 382 g/mol. The molecule has 0 aliphatic carbocycles. The first-order valence-electron chi connectivity index (χ1n) is 8.31. The van der Waals surface area contributed by atoms with Crippen molar-refractivity contribution in [1.29, 1.82) is 0 Å². The minimum absolute atomic E-state index is 0.00412. The molecular weight excluding hydrogens is 364 g/mol. The van der Waals surface area contributed by atoms with Crippen molar-refractivity contribution in [3.63, 3.8) is 0 Å². The van der Waals surface area contributed by atoms with Crippen LogP contribution in [0.25, 0.3) is 0 Å². The summed E-state index contributed by atoms with van der Waals surface area (Å²) in [6.45, 7) is 0.442. The molecular formula is C21H19ClN2OS. The van der Waals surface area contributed by atoms with Crippen LogP contribution in [0.3, 0.4) is 0 Å². The first-order chi connectivity index (χ1) is 12.7. The van der Waals surface area contributed by atoms with E-state index in [1.165, 1.54) is 0 Å². The lowest BCUT2D eigenvalue weighted by molar-refractivity contribution is -0.118. The molecule has 1 aromatic heterocycles. The molecule has 1 unspecified atom stereocenters. The second-order valence-corrected chi connectivity index (χ2v) is 7.28. The molecule has 2 aromatic carbocycles. The Morgan fingerprint density at radius 3 is 2.35 bits per heavy atom. The number of carbonyl (C=O) groups excluding carboxylic acids is 1. The molecule has 26 heavy (non-hydrogen) atoms.